The van der Waals surface area contributed by atoms with Crippen molar-refractivity contribution >= 4 is 17.6 Å². The van der Waals surface area contributed by atoms with Crippen molar-refractivity contribution in [2.45, 2.75) is 85.2 Å². The van der Waals surface area contributed by atoms with Crippen molar-refractivity contribution in [3.63, 3.8) is 0 Å². The van der Waals surface area contributed by atoms with Crippen molar-refractivity contribution in [2.75, 3.05) is 25.0 Å². The second-order valence-corrected chi connectivity index (χ2v) is 10.1. The smallest absolute Gasteiger partial charge is 0.249 e. The highest BCUT2D eigenvalue weighted by Gasteiger charge is 2.41. The van der Waals surface area contributed by atoms with Crippen LogP contribution < -0.4 is 10.4 Å². The third-order valence-electron chi connectivity index (χ3n) is 7.37. The largest absolute Gasteiger partial charge is 0.565 e. The minimum absolute atomic E-state index is 0.0802. The van der Waals surface area contributed by atoms with Crippen LogP contribution in [0.15, 0.2) is 42.5 Å². The molecule has 0 radical (unpaired) electrons. The Kier molecular flexibility index (Phi) is 11.9. The predicted molar refractivity (Wildman–Crippen MR) is 144 cm³/mol. The molecule has 1 saturated heterocycles. The van der Waals surface area contributed by atoms with E-state index < -0.39 is 6.16 Å². The summed E-state index contributed by atoms with van der Waals surface area (Å²) in [5, 5.41) is 18.8. The third kappa shape index (κ3) is 8.66. The normalized spacial score (nSPS) is 15.3. The maximum absolute atomic E-state index is 13.8. The number of unbranched alkanes of at least 4 members (excludes halogenated alkanes) is 1. The molecule has 2 aromatic rings. The molecule has 2 aromatic carbocycles. The van der Waals surface area contributed by atoms with Gasteiger partial charge in [0, 0.05) is 30.6 Å². The van der Waals surface area contributed by atoms with Crippen LogP contribution in [0.5, 0.6) is 0 Å². The quantitative estimate of drug-likeness (QED) is 0.317. The lowest BCUT2D eigenvalue weighted by Crippen LogP contribution is -2.60. The van der Waals surface area contributed by atoms with Gasteiger partial charge in [-0.15, -0.1) is 0 Å². The van der Waals surface area contributed by atoms with Crippen molar-refractivity contribution in [1.29, 1.82) is 0 Å². The maximum atomic E-state index is 13.8. The number of piperidine rings is 1. The van der Waals surface area contributed by atoms with Crippen molar-refractivity contribution < 1.29 is 24.3 Å². The van der Waals surface area contributed by atoms with Gasteiger partial charge in [-0.3, -0.25) is 4.79 Å². The Balaban J connectivity index is 0.00000106. The number of hydrogen-bond acceptors (Lipinski definition) is 4. The van der Waals surface area contributed by atoms with E-state index in [1.165, 1.54) is 60.0 Å². The van der Waals surface area contributed by atoms with Gasteiger partial charge in [0.25, 0.3) is 0 Å². The van der Waals surface area contributed by atoms with E-state index in [0.717, 1.165) is 37.1 Å². The zero-order valence-corrected chi connectivity index (χ0v) is 22.5. The Hall–Kier alpha value is -2.86. The molecule has 0 spiro atoms. The monoisotopic (exact) mass is 496 g/mol. The molecule has 0 aliphatic carbocycles. The fraction of sp³-hybridized carbons (Fsp3) is 0.533. The lowest BCUT2D eigenvalue weighted by molar-refractivity contribution is -0.959. The number of nitrogens with one attached hydrogen (secondary N) is 1. The van der Waals surface area contributed by atoms with E-state index in [9.17, 15) is 4.79 Å². The number of quaternary nitrogens is 1. The molecule has 1 aliphatic rings. The van der Waals surface area contributed by atoms with Gasteiger partial charge in [0.05, 0.1) is 13.1 Å². The summed E-state index contributed by atoms with van der Waals surface area (Å²) in [5.41, 5.74) is 6.24. The van der Waals surface area contributed by atoms with Crippen molar-refractivity contribution in [3.8, 4) is 0 Å². The number of aryl methyl sites for hydroxylation is 2. The van der Waals surface area contributed by atoms with Gasteiger partial charge in [-0.1, -0.05) is 50.6 Å². The van der Waals surface area contributed by atoms with Gasteiger partial charge in [-0.05, 0) is 68.4 Å². The van der Waals surface area contributed by atoms with Gasteiger partial charge in [-0.2, -0.15) is 0 Å². The molecule has 3 rings (SSSR count). The molecule has 1 fully saturated rings. The van der Waals surface area contributed by atoms with E-state index in [1.807, 2.05) is 0 Å². The molecule has 198 valence electrons. The molecule has 2 N–H and O–H groups in total. The number of carbonyl (C=O) groups is 2. The number of rotatable bonds is 11. The standard InChI is InChI=1S/C29H43N2O.CH2O3/c1-5-7-16-30-26-19-23(3)27(24(4)20-26)21-29(32)28(6-2)31(17-12-9-13-18-31)22-25-14-10-8-11-15-25;2-1(3)4/h8,10-11,14-15,19-20,28,30H,5-7,9,12-13,16-18,21-22H2,1-4H3;(H2,2,3,4)/q+1;/p-1. The highest BCUT2D eigenvalue weighted by Crippen LogP contribution is 2.30. The van der Waals surface area contributed by atoms with Crippen molar-refractivity contribution in [1.82, 2.24) is 0 Å². The molecular formula is C30H44N2O4. The van der Waals surface area contributed by atoms with Gasteiger partial charge >= 0.3 is 0 Å². The van der Waals surface area contributed by atoms with Crippen LogP contribution >= 0.6 is 0 Å². The predicted octanol–water partition coefficient (Wildman–Crippen LogP) is 5.49. The zero-order valence-electron chi connectivity index (χ0n) is 22.5. The fourth-order valence-corrected chi connectivity index (χ4v) is 5.67. The molecule has 1 unspecified atom stereocenters. The van der Waals surface area contributed by atoms with Crippen LogP contribution in [0.25, 0.3) is 0 Å². The van der Waals surface area contributed by atoms with Crippen LogP contribution in [0.4, 0.5) is 10.5 Å². The molecule has 6 nitrogen and oxygen atoms in total. The van der Waals surface area contributed by atoms with Gasteiger partial charge in [0.2, 0.25) is 6.16 Å². The minimum atomic E-state index is -2.08. The number of carboxylic acid groups (broad SMARTS) is 2. The first-order valence-corrected chi connectivity index (χ1v) is 13.4. The van der Waals surface area contributed by atoms with E-state index >= 15 is 0 Å². The van der Waals surface area contributed by atoms with Crippen LogP contribution in [0.3, 0.4) is 0 Å². The Morgan fingerprint density at radius 3 is 2.14 bits per heavy atom. The molecule has 1 atom stereocenters. The highest BCUT2D eigenvalue weighted by molar-refractivity contribution is 5.86. The minimum Gasteiger partial charge on any atom is -0.565 e. The van der Waals surface area contributed by atoms with Crippen LogP contribution in [-0.2, 0) is 17.8 Å². The van der Waals surface area contributed by atoms with Gasteiger partial charge < -0.3 is 24.8 Å². The number of anilines is 1. The number of benzene rings is 2. The molecular weight excluding hydrogens is 452 g/mol. The third-order valence-corrected chi connectivity index (χ3v) is 7.37. The number of likely N-dealkylation sites (tertiary alicyclic amines) is 1. The maximum Gasteiger partial charge on any atom is 0.249 e. The first kappa shape index (κ1) is 29.4. The highest BCUT2D eigenvalue weighted by atomic mass is 16.6. The van der Waals surface area contributed by atoms with Gasteiger partial charge in [-0.25, -0.2) is 0 Å². The topological polar surface area (TPSA) is 89.5 Å². The number of carbonyl (C=O) groups excluding carboxylic acids is 1. The van der Waals surface area contributed by atoms with Crippen molar-refractivity contribution in [2.24, 2.45) is 0 Å². The average molecular weight is 497 g/mol. The average Bonchev–Trinajstić information content (AvgIpc) is 2.83. The second kappa shape index (κ2) is 14.6. The van der Waals surface area contributed by atoms with Crippen LogP contribution in [0.2, 0.25) is 0 Å². The zero-order chi connectivity index (χ0) is 26.6. The van der Waals surface area contributed by atoms with E-state index in [4.69, 9.17) is 15.0 Å². The second-order valence-electron chi connectivity index (χ2n) is 10.1. The molecule has 1 aliphatic heterocycles. The first-order chi connectivity index (χ1) is 17.2. The summed E-state index contributed by atoms with van der Waals surface area (Å²) < 4.78 is 0.939. The van der Waals surface area contributed by atoms with E-state index in [-0.39, 0.29) is 6.04 Å². The SMILES string of the molecule is CCCCNc1cc(C)c(CC(=O)C(CC)[N+]2(Cc3ccccc3)CCCCC2)c(C)c1.O=C([O-])O. The van der Waals surface area contributed by atoms with Gasteiger partial charge in [0.15, 0.2) is 5.78 Å². The Labute approximate surface area is 216 Å². The first-order valence-electron chi connectivity index (χ1n) is 13.4. The number of ketones is 1. The molecule has 6 heteroatoms. The molecule has 1 heterocycles. The lowest BCUT2D eigenvalue weighted by Gasteiger charge is -2.46. The summed E-state index contributed by atoms with van der Waals surface area (Å²) in [7, 11) is 0. The summed E-state index contributed by atoms with van der Waals surface area (Å²) in [4.78, 5) is 22.3. The Bertz CT molecular complexity index is 941. The number of hydrogen-bond donors (Lipinski definition) is 2. The van der Waals surface area contributed by atoms with E-state index in [1.54, 1.807) is 0 Å². The summed E-state index contributed by atoms with van der Waals surface area (Å²) in [6.07, 6.45) is 5.52. The Morgan fingerprint density at radius 1 is 1.03 bits per heavy atom. The molecule has 0 saturated carbocycles. The Morgan fingerprint density at radius 2 is 1.61 bits per heavy atom. The summed E-state index contributed by atoms with van der Waals surface area (Å²) >= 11 is 0. The molecule has 36 heavy (non-hydrogen) atoms. The number of Topliss-reactive ketones (excluding diaryl/α,β-unsaturated/α-hetero) is 1. The molecule has 0 bridgehead atoms. The molecule has 0 aromatic heterocycles. The summed E-state index contributed by atoms with van der Waals surface area (Å²) in [5.74, 6) is 0.420. The van der Waals surface area contributed by atoms with Crippen LogP contribution in [0, 0.1) is 13.8 Å². The van der Waals surface area contributed by atoms with Crippen LogP contribution in [0.1, 0.15) is 74.6 Å². The van der Waals surface area contributed by atoms with E-state index in [0.29, 0.717) is 12.2 Å². The van der Waals surface area contributed by atoms with Gasteiger partial charge in [0.1, 0.15) is 12.6 Å². The van der Waals surface area contributed by atoms with E-state index in [2.05, 4.69) is 75.5 Å². The summed E-state index contributed by atoms with van der Waals surface area (Å²) in [6, 6.07) is 15.3. The number of nitrogens with zero attached hydrogens (tertiary/aromatic N) is 1. The summed E-state index contributed by atoms with van der Waals surface area (Å²) in [6.45, 7) is 13.0. The molecule has 0 amide bonds. The lowest BCUT2D eigenvalue weighted by atomic mass is 9.90. The van der Waals surface area contributed by atoms with Crippen molar-refractivity contribution in [3.05, 3.63) is 64.7 Å². The fourth-order valence-electron chi connectivity index (χ4n) is 5.67. The van der Waals surface area contributed by atoms with Crippen LogP contribution in [-0.4, -0.2) is 47.2 Å².